The number of aromatic nitrogens is 2. The Bertz CT molecular complexity index is 760. The third kappa shape index (κ3) is 5.17. The van der Waals surface area contributed by atoms with Crippen molar-refractivity contribution in [1.82, 2.24) is 14.9 Å². The highest BCUT2D eigenvalue weighted by atomic mass is 32.2. The van der Waals surface area contributed by atoms with E-state index in [0.29, 0.717) is 24.0 Å². The lowest BCUT2D eigenvalue weighted by Gasteiger charge is -2.20. The molecule has 0 bridgehead atoms. The molecule has 3 aromatic rings. The predicted molar refractivity (Wildman–Crippen MR) is 99.5 cm³/mol. The van der Waals surface area contributed by atoms with Crippen molar-refractivity contribution in [2.45, 2.75) is 32.1 Å². The number of furan rings is 1. The lowest BCUT2D eigenvalue weighted by atomic mass is 10.3. The summed E-state index contributed by atoms with van der Waals surface area (Å²) in [5.74, 6) is 1.12. The SMILES string of the molecule is Cc1cc(C)nc(SCC(=O)N(Cc2ccco2)Cc2cccs2)n1. The van der Waals surface area contributed by atoms with Crippen molar-refractivity contribution in [3.05, 3.63) is 64.0 Å². The molecule has 0 N–H and O–H groups in total. The summed E-state index contributed by atoms with van der Waals surface area (Å²) in [6.07, 6.45) is 1.63. The van der Waals surface area contributed by atoms with E-state index in [4.69, 9.17) is 4.42 Å². The number of thiophene rings is 1. The molecule has 0 aliphatic rings. The fourth-order valence-corrected chi connectivity index (χ4v) is 3.96. The van der Waals surface area contributed by atoms with Crippen LogP contribution in [0.4, 0.5) is 0 Å². The van der Waals surface area contributed by atoms with Crippen LogP contribution in [-0.2, 0) is 17.9 Å². The van der Waals surface area contributed by atoms with Gasteiger partial charge in [-0.3, -0.25) is 4.79 Å². The summed E-state index contributed by atoms with van der Waals surface area (Å²) in [7, 11) is 0. The lowest BCUT2D eigenvalue weighted by Crippen LogP contribution is -2.31. The first-order valence-corrected chi connectivity index (χ1v) is 9.74. The second kappa shape index (κ2) is 8.31. The Kier molecular flexibility index (Phi) is 5.88. The van der Waals surface area contributed by atoms with Gasteiger partial charge in [0.15, 0.2) is 5.16 Å². The van der Waals surface area contributed by atoms with Gasteiger partial charge in [-0.25, -0.2) is 9.97 Å². The maximum Gasteiger partial charge on any atom is 0.233 e. The third-order valence-electron chi connectivity index (χ3n) is 3.49. The first-order chi connectivity index (χ1) is 12.1. The molecule has 0 aromatic carbocycles. The van der Waals surface area contributed by atoms with Crippen LogP contribution in [0.5, 0.6) is 0 Å². The van der Waals surface area contributed by atoms with Crippen LogP contribution in [0.15, 0.2) is 51.5 Å². The predicted octanol–water partition coefficient (Wildman–Crippen LogP) is 4.07. The second-order valence-electron chi connectivity index (χ2n) is 5.63. The molecule has 0 aliphatic heterocycles. The minimum Gasteiger partial charge on any atom is -0.467 e. The van der Waals surface area contributed by atoms with Gasteiger partial charge in [-0.15, -0.1) is 11.3 Å². The number of hydrogen-bond donors (Lipinski definition) is 0. The number of hydrogen-bond acceptors (Lipinski definition) is 6. The second-order valence-corrected chi connectivity index (χ2v) is 7.61. The molecule has 0 saturated heterocycles. The summed E-state index contributed by atoms with van der Waals surface area (Å²) in [6.45, 7) is 4.89. The van der Waals surface area contributed by atoms with Crippen molar-refractivity contribution in [1.29, 1.82) is 0 Å². The summed E-state index contributed by atoms with van der Waals surface area (Å²) in [6, 6.07) is 9.67. The van der Waals surface area contributed by atoms with E-state index in [9.17, 15) is 4.79 Å². The molecular formula is C18H19N3O2S2. The summed E-state index contributed by atoms with van der Waals surface area (Å²) in [4.78, 5) is 24.5. The van der Waals surface area contributed by atoms with Gasteiger partial charge in [-0.1, -0.05) is 17.8 Å². The van der Waals surface area contributed by atoms with Gasteiger partial charge in [0.1, 0.15) is 5.76 Å². The maximum absolute atomic E-state index is 12.8. The zero-order valence-electron chi connectivity index (χ0n) is 14.1. The minimum atomic E-state index is 0.0394. The molecule has 3 rings (SSSR count). The maximum atomic E-state index is 12.8. The molecule has 25 heavy (non-hydrogen) atoms. The van der Waals surface area contributed by atoms with Crippen molar-refractivity contribution >= 4 is 29.0 Å². The highest BCUT2D eigenvalue weighted by Gasteiger charge is 2.17. The quantitative estimate of drug-likeness (QED) is 0.461. The molecule has 0 unspecified atom stereocenters. The van der Waals surface area contributed by atoms with Crippen LogP contribution < -0.4 is 0 Å². The number of thioether (sulfide) groups is 1. The van der Waals surface area contributed by atoms with Crippen molar-refractivity contribution in [2.75, 3.05) is 5.75 Å². The van der Waals surface area contributed by atoms with E-state index in [1.54, 1.807) is 22.5 Å². The monoisotopic (exact) mass is 373 g/mol. The lowest BCUT2D eigenvalue weighted by molar-refractivity contribution is -0.129. The third-order valence-corrected chi connectivity index (χ3v) is 5.19. The Balaban J connectivity index is 1.67. The van der Waals surface area contributed by atoms with E-state index < -0.39 is 0 Å². The standard InChI is InChI=1S/C18H19N3O2S2/c1-13-9-14(2)20-18(19-13)25-12-17(22)21(10-15-5-3-7-23-15)11-16-6-4-8-24-16/h3-9H,10-12H2,1-2H3. The number of nitrogens with zero attached hydrogens (tertiary/aromatic N) is 3. The van der Waals surface area contributed by atoms with Crippen LogP contribution in [0, 0.1) is 13.8 Å². The highest BCUT2D eigenvalue weighted by Crippen LogP contribution is 2.19. The molecule has 0 fully saturated rings. The van der Waals surface area contributed by atoms with E-state index in [-0.39, 0.29) is 5.91 Å². The number of carbonyl (C=O) groups is 1. The smallest absolute Gasteiger partial charge is 0.233 e. The van der Waals surface area contributed by atoms with Crippen LogP contribution in [-0.4, -0.2) is 26.5 Å². The molecule has 0 aliphatic carbocycles. The molecule has 3 heterocycles. The van der Waals surface area contributed by atoms with E-state index in [0.717, 1.165) is 22.0 Å². The minimum absolute atomic E-state index is 0.0394. The van der Waals surface area contributed by atoms with Crippen molar-refractivity contribution in [3.63, 3.8) is 0 Å². The van der Waals surface area contributed by atoms with E-state index in [2.05, 4.69) is 9.97 Å². The van der Waals surface area contributed by atoms with Crippen LogP contribution in [0.2, 0.25) is 0 Å². The molecule has 1 amide bonds. The highest BCUT2D eigenvalue weighted by molar-refractivity contribution is 7.99. The van der Waals surface area contributed by atoms with E-state index in [1.807, 2.05) is 49.6 Å². The van der Waals surface area contributed by atoms with E-state index in [1.165, 1.54) is 11.8 Å². The molecule has 5 nitrogen and oxygen atoms in total. The summed E-state index contributed by atoms with van der Waals surface area (Å²) in [5.41, 5.74) is 1.82. The molecule has 0 spiro atoms. The normalized spacial score (nSPS) is 10.8. The van der Waals surface area contributed by atoms with Gasteiger partial charge in [0, 0.05) is 16.3 Å². The van der Waals surface area contributed by atoms with Gasteiger partial charge in [0.25, 0.3) is 0 Å². The van der Waals surface area contributed by atoms with Gasteiger partial charge in [0.05, 0.1) is 25.1 Å². The van der Waals surface area contributed by atoms with Crippen molar-refractivity contribution in [2.24, 2.45) is 0 Å². The van der Waals surface area contributed by atoms with Gasteiger partial charge < -0.3 is 9.32 Å². The van der Waals surface area contributed by atoms with Crippen LogP contribution in [0.25, 0.3) is 0 Å². The topological polar surface area (TPSA) is 59.2 Å². The van der Waals surface area contributed by atoms with Gasteiger partial charge >= 0.3 is 0 Å². The number of carbonyl (C=O) groups excluding carboxylic acids is 1. The van der Waals surface area contributed by atoms with Crippen molar-refractivity contribution in [3.8, 4) is 0 Å². The number of rotatable bonds is 7. The number of amides is 1. The molecule has 3 aromatic heterocycles. The van der Waals surface area contributed by atoms with Crippen LogP contribution >= 0.6 is 23.1 Å². The summed E-state index contributed by atoms with van der Waals surface area (Å²) >= 11 is 3.01. The Morgan fingerprint density at radius 3 is 2.64 bits per heavy atom. The van der Waals surface area contributed by atoms with Gasteiger partial charge in [0.2, 0.25) is 5.91 Å². The molecule has 130 valence electrons. The molecule has 7 heteroatoms. The molecule has 0 atom stereocenters. The Morgan fingerprint density at radius 2 is 2.00 bits per heavy atom. The Labute approximate surface area is 155 Å². The fraction of sp³-hybridized carbons (Fsp3) is 0.278. The fourth-order valence-electron chi connectivity index (χ4n) is 2.39. The van der Waals surface area contributed by atoms with E-state index >= 15 is 0 Å². The Morgan fingerprint density at radius 1 is 1.20 bits per heavy atom. The zero-order valence-corrected chi connectivity index (χ0v) is 15.8. The van der Waals surface area contributed by atoms with Crippen LogP contribution in [0.3, 0.4) is 0 Å². The average Bonchev–Trinajstić information content (AvgIpc) is 3.25. The zero-order chi connectivity index (χ0) is 17.6. The molecule has 0 radical (unpaired) electrons. The molecular weight excluding hydrogens is 354 g/mol. The van der Waals surface area contributed by atoms with Crippen LogP contribution in [0.1, 0.15) is 22.0 Å². The Hall–Kier alpha value is -2.12. The molecule has 0 saturated carbocycles. The average molecular weight is 374 g/mol. The summed E-state index contributed by atoms with van der Waals surface area (Å²) < 4.78 is 5.41. The first kappa shape index (κ1) is 17.7. The van der Waals surface area contributed by atoms with Crippen molar-refractivity contribution < 1.29 is 9.21 Å². The summed E-state index contributed by atoms with van der Waals surface area (Å²) in [5, 5.41) is 2.66. The van der Waals surface area contributed by atoms with Gasteiger partial charge in [-0.2, -0.15) is 0 Å². The largest absolute Gasteiger partial charge is 0.467 e. The van der Waals surface area contributed by atoms with Gasteiger partial charge in [-0.05, 0) is 43.5 Å². The number of aryl methyl sites for hydroxylation is 2. The first-order valence-electron chi connectivity index (χ1n) is 7.88.